The zero-order chi connectivity index (χ0) is 11.4. The third kappa shape index (κ3) is 2.37. The molecule has 0 aliphatic heterocycles. The first-order valence-electron chi connectivity index (χ1n) is 5.25. The maximum Gasteiger partial charge on any atom is 0.131 e. The van der Waals surface area contributed by atoms with Crippen molar-refractivity contribution in [3.63, 3.8) is 0 Å². The molecule has 2 aliphatic rings. The molecule has 16 heavy (non-hydrogen) atoms. The topological polar surface area (TPSA) is 0 Å². The van der Waals surface area contributed by atoms with Crippen LogP contribution in [0.25, 0.3) is 0 Å². The van der Waals surface area contributed by atoms with Crippen LogP contribution in [0.4, 0.5) is 4.39 Å². The average molecular weight is 212 g/mol. The Balaban J connectivity index is 2.48. The highest BCUT2D eigenvalue weighted by molar-refractivity contribution is 5.54. The van der Waals surface area contributed by atoms with Crippen molar-refractivity contribution in [3.05, 3.63) is 83.3 Å². The summed E-state index contributed by atoms with van der Waals surface area (Å²) in [7, 11) is 0. The van der Waals surface area contributed by atoms with Gasteiger partial charge in [0, 0.05) is 5.57 Å². The third-order valence-electron chi connectivity index (χ3n) is 2.46. The molecule has 0 amide bonds. The van der Waals surface area contributed by atoms with E-state index >= 15 is 0 Å². The molecule has 0 N–H and O–H groups in total. The van der Waals surface area contributed by atoms with E-state index in [0.717, 1.165) is 11.1 Å². The van der Waals surface area contributed by atoms with Gasteiger partial charge >= 0.3 is 0 Å². The maximum atomic E-state index is 13.8. The van der Waals surface area contributed by atoms with E-state index in [9.17, 15) is 4.39 Å². The molecule has 0 unspecified atom stereocenters. The predicted octanol–water partition coefficient (Wildman–Crippen LogP) is 4.33. The number of rotatable bonds is 0. The van der Waals surface area contributed by atoms with Crippen LogP contribution in [-0.2, 0) is 0 Å². The SMILES string of the molecule is CC1=CC=C(F)C(=C2C=CC=CC=C2)C=C1. The highest BCUT2D eigenvalue weighted by atomic mass is 19.1. The molecule has 80 valence electrons. The molecular formula is C15H13F. The fourth-order valence-electron chi connectivity index (χ4n) is 1.56. The van der Waals surface area contributed by atoms with Crippen molar-refractivity contribution in [2.45, 2.75) is 6.92 Å². The lowest BCUT2D eigenvalue weighted by Gasteiger charge is -2.01. The van der Waals surface area contributed by atoms with E-state index in [1.165, 1.54) is 6.08 Å². The second-order valence-corrected chi connectivity index (χ2v) is 3.73. The lowest BCUT2D eigenvalue weighted by Crippen LogP contribution is -1.85. The zero-order valence-electron chi connectivity index (χ0n) is 9.15. The Morgan fingerprint density at radius 2 is 1.50 bits per heavy atom. The lowest BCUT2D eigenvalue weighted by molar-refractivity contribution is 0.656. The highest BCUT2D eigenvalue weighted by Gasteiger charge is 2.07. The van der Waals surface area contributed by atoms with Crippen molar-refractivity contribution in [1.29, 1.82) is 0 Å². The monoisotopic (exact) mass is 212 g/mol. The number of allylic oxidation sites excluding steroid dienone is 14. The van der Waals surface area contributed by atoms with Crippen LogP contribution in [0, 0.1) is 0 Å². The van der Waals surface area contributed by atoms with Gasteiger partial charge in [-0.05, 0) is 18.6 Å². The van der Waals surface area contributed by atoms with E-state index in [-0.39, 0.29) is 5.83 Å². The van der Waals surface area contributed by atoms with Gasteiger partial charge in [0.05, 0.1) is 0 Å². The molecule has 0 aromatic heterocycles. The fraction of sp³-hybridized carbons (Fsp3) is 0.0667. The van der Waals surface area contributed by atoms with Crippen molar-refractivity contribution in [1.82, 2.24) is 0 Å². The summed E-state index contributed by atoms with van der Waals surface area (Å²) in [6.07, 6.45) is 18.5. The van der Waals surface area contributed by atoms with E-state index in [0.29, 0.717) is 5.57 Å². The van der Waals surface area contributed by atoms with Gasteiger partial charge in [-0.3, -0.25) is 0 Å². The molecule has 0 nitrogen and oxygen atoms in total. The Morgan fingerprint density at radius 3 is 2.19 bits per heavy atom. The summed E-state index contributed by atoms with van der Waals surface area (Å²) in [5.74, 6) is -0.195. The van der Waals surface area contributed by atoms with Crippen molar-refractivity contribution >= 4 is 0 Å². The molecule has 0 fully saturated rings. The molecule has 0 bridgehead atoms. The molecule has 0 heterocycles. The Bertz CT molecular complexity index is 474. The summed E-state index contributed by atoms with van der Waals surface area (Å²) in [6.45, 7) is 1.95. The van der Waals surface area contributed by atoms with Crippen LogP contribution in [0.3, 0.4) is 0 Å². The van der Waals surface area contributed by atoms with Gasteiger partial charge in [-0.2, -0.15) is 0 Å². The molecule has 0 atom stereocenters. The fourth-order valence-corrected chi connectivity index (χ4v) is 1.56. The Hall–Kier alpha value is -1.89. The largest absolute Gasteiger partial charge is 0.206 e. The Morgan fingerprint density at radius 1 is 0.812 bits per heavy atom. The van der Waals surface area contributed by atoms with Gasteiger partial charge in [0.15, 0.2) is 0 Å². The third-order valence-corrected chi connectivity index (χ3v) is 2.46. The molecular weight excluding hydrogens is 199 g/mol. The van der Waals surface area contributed by atoms with Gasteiger partial charge in [-0.1, -0.05) is 60.3 Å². The predicted molar refractivity (Wildman–Crippen MR) is 66.5 cm³/mol. The van der Waals surface area contributed by atoms with Gasteiger partial charge < -0.3 is 0 Å². The van der Waals surface area contributed by atoms with Crippen molar-refractivity contribution in [3.8, 4) is 0 Å². The second-order valence-electron chi connectivity index (χ2n) is 3.73. The maximum absolute atomic E-state index is 13.8. The molecule has 0 aromatic rings. The van der Waals surface area contributed by atoms with Gasteiger partial charge in [0.1, 0.15) is 5.83 Å². The van der Waals surface area contributed by atoms with Gasteiger partial charge in [-0.15, -0.1) is 0 Å². The van der Waals surface area contributed by atoms with E-state index in [1.54, 1.807) is 6.08 Å². The zero-order valence-corrected chi connectivity index (χ0v) is 9.15. The molecule has 0 spiro atoms. The average Bonchev–Trinajstić information content (AvgIpc) is 2.61. The summed E-state index contributed by atoms with van der Waals surface area (Å²) < 4.78 is 13.8. The summed E-state index contributed by atoms with van der Waals surface area (Å²) in [6, 6.07) is 0. The minimum absolute atomic E-state index is 0.195. The van der Waals surface area contributed by atoms with E-state index in [1.807, 2.05) is 55.5 Å². The minimum Gasteiger partial charge on any atom is -0.206 e. The van der Waals surface area contributed by atoms with E-state index in [2.05, 4.69) is 0 Å². The Kier molecular flexibility index (Phi) is 3.16. The molecule has 2 rings (SSSR count). The van der Waals surface area contributed by atoms with Crippen molar-refractivity contribution < 1.29 is 4.39 Å². The van der Waals surface area contributed by atoms with Crippen LogP contribution in [-0.4, -0.2) is 0 Å². The number of hydrogen-bond acceptors (Lipinski definition) is 0. The van der Waals surface area contributed by atoms with Crippen LogP contribution in [0.15, 0.2) is 83.3 Å². The molecule has 0 aromatic carbocycles. The second kappa shape index (κ2) is 4.75. The molecule has 2 aliphatic carbocycles. The standard InChI is InChI=1S/C15H13F/c1-12-8-10-14(15(16)11-9-12)13-6-4-2-3-5-7-13/h2-11H,1H3. The summed E-state index contributed by atoms with van der Waals surface area (Å²) in [5, 5.41) is 0. The first-order valence-corrected chi connectivity index (χ1v) is 5.25. The van der Waals surface area contributed by atoms with Crippen molar-refractivity contribution in [2.75, 3.05) is 0 Å². The van der Waals surface area contributed by atoms with Crippen LogP contribution in [0.2, 0.25) is 0 Å². The van der Waals surface area contributed by atoms with Crippen LogP contribution >= 0.6 is 0 Å². The summed E-state index contributed by atoms with van der Waals surface area (Å²) in [5.41, 5.74) is 2.56. The van der Waals surface area contributed by atoms with E-state index < -0.39 is 0 Å². The smallest absolute Gasteiger partial charge is 0.131 e. The number of halogens is 1. The first-order chi connectivity index (χ1) is 7.77. The normalized spacial score (nSPS) is 19.4. The Labute approximate surface area is 95.2 Å². The van der Waals surface area contributed by atoms with Gasteiger partial charge in [-0.25, -0.2) is 4.39 Å². The molecule has 0 saturated heterocycles. The highest BCUT2D eigenvalue weighted by Crippen LogP contribution is 2.24. The molecule has 0 saturated carbocycles. The van der Waals surface area contributed by atoms with Crippen LogP contribution in [0.5, 0.6) is 0 Å². The molecule has 1 heteroatoms. The minimum atomic E-state index is -0.195. The van der Waals surface area contributed by atoms with Gasteiger partial charge in [0.25, 0.3) is 0 Å². The number of hydrogen-bond donors (Lipinski definition) is 0. The van der Waals surface area contributed by atoms with Gasteiger partial charge in [0.2, 0.25) is 0 Å². The molecule has 0 radical (unpaired) electrons. The van der Waals surface area contributed by atoms with Crippen molar-refractivity contribution in [2.24, 2.45) is 0 Å². The lowest BCUT2D eigenvalue weighted by atomic mass is 10.1. The quantitative estimate of drug-likeness (QED) is 0.560. The summed E-state index contributed by atoms with van der Waals surface area (Å²) in [4.78, 5) is 0. The van der Waals surface area contributed by atoms with Crippen LogP contribution in [0.1, 0.15) is 6.92 Å². The first kappa shape index (κ1) is 10.6. The van der Waals surface area contributed by atoms with E-state index in [4.69, 9.17) is 0 Å². The van der Waals surface area contributed by atoms with Crippen LogP contribution < -0.4 is 0 Å². The summed E-state index contributed by atoms with van der Waals surface area (Å²) >= 11 is 0.